The molecule has 1 amide bonds. The number of benzene rings is 1. The molecule has 1 aromatic rings. The van der Waals surface area contributed by atoms with E-state index in [1.54, 1.807) is 4.90 Å². The Morgan fingerprint density at radius 3 is 2.53 bits per heavy atom. The third-order valence-electron chi connectivity index (χ3n) is 2.92. The summed E-state index contributed by atoms with van der Waals surface area (Å²) in [6, 6.07) is 13.6. The van der Waals surface area contributed by atoms with Gasteiger partial charge in [-0.2, -0.15) is 10.5 Å². The lowest BCUT2D eigenvalue weighted by Gasteiger charge is -2.22. The zero-order chi connectivity index (χ0) is 14.1. The highest BCUT2D eigenvalue weighted by Gasteiger charge is 2.23. The Balaban J connectivity index is 2.71. The Kier molecular flexibility index (Phi) is 6.12. The van der Waals surface area contributed by atoms with E-state index in [1.807, 2.05) is 43.3 Å². The van der Waals surface area contributed by atoms with Crippen LogP contribution < -0.4 is 0 Å². The van der Waals surface area contributed by atoms with Crippen LogP contribution in [0.1, 0.15) is 18.9 Å². The first-order valence-corrected chi connectivity index (χ1v) is 6.32. The Morgan fingerprint density at radius 2 is 2.00 bits per heavy atom. The summed E-state index contributed by atoms with van der Waals surface area (Å²) >= 11 is 0. The third-order valence-corrected chi connectivity index (χ3v) is 2.92. The van der Waals surface area contributed by atoms with Gasteiger partial charge in [0, 0.05) is 13.1 Å². The van der Waals surface area contributed by atoms with Crippen LogP contribution in [0.4, 0.5) is 0 Å². The Bertz CT molecular complexity index is 484. The quantitative estimate of drug-likeness (QED) is 0.782. The second-order valence-electron chi connectivity index (χ2n) is 4.20. The molecule has 0 saturated heterocycles. The van der Waals surface area contributed by atoms with Gasteiger partial charge in [0.15, 0.2) is 0 Å². The molecule has 1 rings (SSSR count). The van der Waals surface area contributed by atoms with Crippen LogP contribution in [0.15, 0.2) is 30.3 Å². The fourth-order valence-corrected chi connectivity index (χ4v) is 1.87. The molecular formula is C15H17N3O. The average Bonchev–Trinajstić information content (AvgIpc) is 2.46. The topological polar surface area (TPSA) is 67.9 Å². The highest BCUT2D eigenvalue weighted by Crippen LogP contribution is 2.11. The molecule has 0 N–H and O–H groups in total. The number of carbonyl (C=O) groups excluding carboxylic acids is 1. The van der Waals surface area contributed by atoms with E-state index >= 15 is 0 Å². The molecule has 98 valence electrons. The van der Waals surface area contributed by atoms with Crippen molar-refractivity contribution < 1.29 is 4.79 Å². The molecule has 0 radical (unpaired) electrons. The molecule has 0 bridgehead atoms. The summed E-state index contributed by atoms with van der Waals surface area (Å²) in [7, 11) is 0. The monoisotopic (exact) mass is 255 g/mol. The minimum atomic E-state index is -0.680. The van der Waals surface area contributed by atoms with E-state index < -0.39 is 5.92 Å². The largest absolute Gasteiger partial charge is 0.341 e. The standard InChI is InChI=1S/C15H17N3O/c1-2-18(10-6-9-16)15(19)14(12-17)11-13-7-4-3-5-8-13/h3-5,7-8,14H,2,6,10-11H2,1H3. The summed E-state index contributed by atoms with van der Waals surface area (Å²) in [4.78, 5) is 13.8. The smallest absolute Gasteiger partial charge is 0.240 e. The number of rotatable bonds is 6. The summed E-state index contributed by atoms with van der Waals surface area (Å²) in [5.74, 6) is -0.870. The average molecular weight is 255 g/mol. The first-order valence-electron chi connectivity index (χ1n) is 6.32. The van der Waals surface area contributed by atoms with Gasteiger partial charge in [0.25, 0.3) is 0 Å². The van der Waals surface area contributed by atoms with Crippen molar-refractivity contribution in [2.24, 2.45) is 5.92 Å². The van der Waals surface area contributed by atoms with Crippen molar-refractivity contribution in [1.82, 2.24) is 4.90 Å². The SMILES string of the molecule is CCN(CCC#N)C(=O)C(C#N)Cc1ccccc1. The van der Waals surface area contributed by atoms with Crippen LogP contribution >= 0.6 is 0 Å². The van der Waals surface area contributed by atoms with Crippen LogP contribution in [-0.4, -0.2) is 23.9 Å². The Labute approximate surface area is 113 Å². The minimum Gasteiger partial charge on any atom is -0.341 e. The fourth-order valence-electron chi connectivity index (χ4n) is 1.87. The Morgan fingerprint density at radius 1 is 1.32 bits per heavy atom. The van der Waals surface area contributed by atoms with E-state index in [-0.39, 0.29) is 5.91 Å². The van der Waals surface area contributed by atoms with Crippen molar-refractivity contribution in [3.8, 4) is 12.1 Å². The molecule has 19 heavy (non-hydrogen) atoms. The van der Waals surface area contributed by atoms with Gasteiger partial charge in [-0.05, 0) is 18.9 Å². The zero-order valence-electron chi connectivity index (χ0n) is 11.0. The number of amides is 1. The second kappa shape index (κ2) is 7.89. The van der Waals surface area contributed by atoms with E-state index in [1.165, 1.54) is 0 Å². The number of carbonyl (C=O) groups is 1. The Hall–Kier alpha value is -2.33. The molecule has 0 heterocycles. The van der Waals surface area contributed by atoms with Gasteiger partial charge in [0.2, 0.25) is 5.91 Å². The lowest BCUT2D eigenvalue weighted by molar-refractivity contribution is -0.133. The first kappa shape index (κ1) is 14.7. The highest BCUT2D eigenvalue weighted by atomic mass is 16.2. The van der Waals surface area contributed by atoms with Crippen molar-refractivity contribution in [3.63, 3.8) is 0 Å². The maximum atomic E-state index is 12.2. The zero-order valence-corrected chi connectivity index (χ0v) is 11.0. The van der Waals surface area contributed by atoms with Gasteiger partial charge in [-0.1, -0.05) is 30.3 Å². The lowest BCUT2D eigenvalue weighted by Crippen LogP contribution is -2.37. The van der Waals surface area contributed by atoms with Gasteiger partial charge in [-0.3, -0.25) is 4.79 Å². The van der Waals surface area contributed by atoms with Gasteiger partial charge >= 0.3 is 0 Å². The summed E-state index contributed by atoms with van der Waals surface area (Å²) in [5.41, 5.74) is 0.971. The van der Waals surface area contributed by atoms with Crippen LogP contribution in [0, 0.1) is 28.6 Å². The predicted molar refractivity (Wildman–Crippen MR) is 71.7 cm³/mol. The molecule has 0 aliphatic rings. The maximum absolute atomic E-state index is 12.2. The number of nitrogens with zero attached hydrogens (tertiary/aromatic N) is 3. The number of hydrogen-bond donors (Lipinski definition) is 0. The maximum Gasteiger partial charge on any atom is 0.240 e. The summed E-state index contributed by atoms with van der Waals surface area (Å²) < 4.78 is 0. The normalized spacial score (nSPS) is 11.1. The van der Waals surface area contributed by atoms with E-state index in [2.05, 4.69) is 6.07 Å². The molecule has 0 spiro atoms. The molecule has 4 nitrogen and oxygen atoms in total. The number of hydrogen-bond acceptors (Lipinski definition) is 3. The molecule has 1 unspecified atom stereocenters. The van der Waals surface area contributed by atoms with Crippen LogP contribution in [0.5, 0.6) is 0 Å². The van der Waals surface area contributed by atoms with Gasteiger partial charge in [0.1, 0.15) is 5.92 Å². The summed E-state index contributed by atoms with van der Waals surface area (Å²) in [5, 5.41) is 17.7. The first-order chi connectivity index (χ1) is 9.22. The van der Waals surface area contributed by atoms with Crippen molar-refractivity contribution in [2.75, 3.05) is 13.1 Å². The van der Waals surface area contributed by atoms with Gasteiger partial charge in [-0.15, -0.1) is 0 Å². The molecule has 0 saturated carbocycles. The molecular weight excluding hydrogens is 238 g/mol. The summed E-state index contributed by atoms with van der Waals surface area (Å²) in [6.45, 7) is 2.76. The second-order valence-corrected chi connectivity index (χ2v) is 4.20. The van der Waals surface area contributed by atoms with Crippen LogP contribution in [0.3, 0.4) is 0 Å². The van der Waals surface area contributed by atoms with Gasteiger partial charge in [-0.25, -0.2) is 0 Å². The number of nitriles is 2. The summed E-state index contributed by atoms with van der Waals surface area (Å²) in [6.07, 6.45) is 0.711. The molecule has 0 aliphatic heterocycles. The fraction of sp³-hybridized carbons (Fsp3) is 0.400. The van der Waals surface area contributed by atoms with Crippen molar-refractivity contribution in [1.29, 1.82) is 10.5 Å². The van der Waals surface area contributed by atoms with E-state index in [0.717, 1.165) is 5.56 Å². The lowest BCUT2D eigenvalue weighted by atomic mass is 9.99. The third kappa shape index (κ3) is 4.44. The van der Waals surface area contributed by atoms with Crippen molar-refractivity contribution >= 4 is 5.91 Å². The van der Waals surface area contributed by atoms with Crippen LogP contribution in [0.25, 0.3) is 0 Å². The van der Waals surface area contributed by atoms with Crippen LogP contribution in [-0.2, 0) is 11.2 Å². The van der Waals surface area contributed by atoms with E-state index in [9.17, 15) is 4.79 Å². The predicted octanol–water partition coefficient (Wildman–Crippen LogP) is 2.13. The van der Waals surface area contributed by atoms with E-state index in [0.29, 0.717) is 25.9 Å². The molecule has 4 heteroatoms. The molecule has 0 fully saturated rings. The molecule has 1 aromatic carbocycles. The van der Waals surface area contributed by atoms with Crippen LogP contribution in [0.2, 0.25) is 0 Å². The molecule has 0 aliphatic carbocycles. The van der Waals surface area contributed by atoms with Gasteiger partial charge < -0.3 is 4.90 Å². The highest BCUT2D eigenvalue weighted by molar-refractivity contribution is 5.81. The minimum absolute atomic E-state index is 0.191. The molecule has 1 atom stereocenters. The van der Waals surface area contributed by atoms with Crippen molar-refractivity contribution in [2.45, 2.75) is 19.8 Å². The van der Waals surface area contributed by atoms with Gasteiger partial charge in [0.05, 0.1) is 18.6 Å². The molecule has 0 aromatic heterocycles. The van der Waals surface area contributed by atoms with Crippen molar-refractivity contribution in [3.05, 3.63) is 35.9 Å². The van der Waals surface area contributed by atoms with E-state index in [4.69, 9.17) is 10.5 Å².